The molecule has 0 aromatic heterocycles. The predicted molar refractivity (Wildman–Crippen MR) is 99.2 cm³/mol. The Bertz CT molecular complexity index is 943. The number of sulfone groups is 1. The minimum atomic E-state index is -3.19. The fourth-order valence-electron chi connectivity index (χ4n) is 3.72. The molecule has 2 aromatic carbocycles. The normalized spacial score (nSPS) is 24.6. The van der Waals surface area contributed by atoms with Gasteiger partial charge in [-0.3, -0.25) is 9.80 Å². The summed E-state index contributed by atoms with van der Waals surface area (Å²) in [6.45, 7) is 1.92. The fourth-order valence-corrected chi connectivity index (χ4v) is 5.77. The molecule has 2 fully saturated rings. The van der Waals surface area contributed by atoms with Crippen molar-refractivity contribution in [2.24, 2.45) is 0 Å². The van der Waals surface area contributed by atoms with Gasteiger partial charge in [0.05, 0.1) is 23.6 Å². The molecule has 2 amide bonds. The molecular formula is C18H17ClN2O3S. The monoisotopic (exact) mass is 376 g/mol. The Morgan fingerprint density at radius 2 is 1.56 bits per heavy atom. The lowest BCUT2D eigenvalue weighted by atomic mass is 10.1. The maximum absolute atomic E-state index is 13.2. The molecule has 2 aromatic rings. The number of rotatable bonds is 2. The molecule has 2 heterocycles. The zero-order valence-corrected chi connectivity index (χ0v) is 15.2. The maximum Gasteiger partial charge on any atom is 0.329 e. The highest BCUT2D eigenvalue weighted by molar-refractivity contribution is 7.91. The number of nitrogens with zero attached hydrogens (tertiary/aromatic N) is 2. The summed E-state index contributed by atoms with van der Waals surface area (Å²) in [5.41, 5.74) is 2.37. The van der Waals surface area contributed by atoms with Gasteiger partial charge in [-0.05, 0) is 42.8 Å². The van der Waals surface area contributed by atoms with Crippen LogP contribution >= 0.6 is 11.6 Å². The highest BCUT2D eigenvalue weighted by atomic mass is 35.5. The van der Waals surface area contributed by atoms with Gasteiger partial charge in [-0.15, -0.1) is 0 Å². The number of hydrogen-bond donors (Lipinski definition) is 0. The lowest BCUT2D eigenvalue weighted by Crippen LogP contribution is -2.38. The number of fused-ring (bicyclic) bond motifs is 1. The van der Waals surface area contributed by atoms with Crippen molar-refractivity contribution < 1.29 is 13.2 Å². The van der Waals surface area contributed by atoms with Crippen LogP contribution in [0.15, 0.2) is 48.5 Å². The molecule has 2 saturated heterocycles. The highest BCUT2D eigenvalue weighted by Gasteiger charge is 2.54. The molecule has 25 heavy (non-hydrogen) atoms. The van der Waals surface area contributed by atoms with Crippen molar-refractivity contribution >= 4 is 38.8 Å². The van der Waals surface area contributed by atoms with Crippen molar-refractivity contribution in [1.82, 2.24) is 0 Å². The third-order valence-electron chi connectivity index (χ3n) is 4.85. The summed E-state index contributed by atoms with van der Waals surface area (Å²) in [6.07, 6.45) is 0. The third-order valence-corrected chi connectivity index (χ3v) is 6.80. The van der Waals surface area contributed by atoms with Gasteiger partial charge in [-0.2, -0.15) is 0 Å². The first-order valence-electron chi connectivity index (χ1n) is 8.01. The van der Waals surface area contributed by atoms with Crippen LogP contribution in [0.5, 0.6) is 0 Å². The van der Waals surface area contributed by atoms with Crippen molar-refractivity contribution in [3.8, 4) is 0 Å². The van der Waals surface area contributed by atoms with Crippen molar-refractivity contribution in [3.05, 3.63) is 59.1 Å². The molecule has 130 valence electrons. The molecule has 0 radical (unpaired) electrons. The zero-order chi connectivity index (χ0) is 17.8. The van der Waals surface area contributed by atoms with Gasteiger partial charge >= 0.3 is 6.03 Å². The first kappa shape index (κ1) is 16.4. The first-order chi connectivity index (χ1) is 11.9. The molecular weight excluding hydrogens is 360 g/mol. The van der Waals surface area contributed by atoms with E-state index in [-0.39, 0.29) is 23.6 Å². The van der Waals surface area contributed by atoms with E-state index in [0.29, 0.717) is 10.7 Å². The summed E-state index contributed by atoms with van der Waals surface area (Å²) in [6, 6.07) is 13.5. The number of anilines is 2. The summed E-state index contributed by atoms with van der Waals surface area (Å²) >= 11 is 5.95. The van der Waals surface area contributed by atoms with Crippen LogP contribution < -0.4 is 9.80 Å². The molecule has 7 heteroatoms. The van der Waals surface area contributed by atoms with E-state index < -0.39 is 15.9 Å². The second-order valence-electron chi connectivity index (χ2n) is 6.50. The standard InChI is InChI=1S/C18H17ClN2O3S/c1-12-4-2-3-5-15(12)21-17-11-25(23,24)10-16(17)20(18(21)22)14-8-6-13(19)7-9-14/h2-9,16-17H,10-11H2,1H3/t16-,17+/m1/s1. The van der Waals surface area contributed by atoms with Gasteiger partial charge in [-0.25, -0.2) is 13.2 Å². The van der Waals surface area contributed by atoms with Crippen LogP contribution in [0.4, 0.5) is 16.2 Å². The van der Waals surface area contributed by atoms with Crippen molar-refractivity contribution in [3.63, 3.8) is 0 Å². The Morgan fingerprint density at radius 1 is 0.960 bits per heavy atom. The second-order valence-corrected chi connectivity index (χ2v) is 9.09. The maximum atomic E-state index is 13.2. The Morgan fingerprint density at radius 3 is 2.20 bits per heavy atom. The van der Waals surface area contributed by atoms with Crippen molar-refractivity contribution in [2.75, 3.05) is 21.3 Å². The van der Waals surface area contributed by atoms with Crippen LogP contribution in [0, 0.1) is 6.92 Å². The van der Waals surface area contributed by atoms with E-state index in [1.807, 2.05) is 31.2 Å². The molecule has 0 unspecified atom stereocenters. The summed E-state index contributed by atoms with van der Waals surface area (Å²) in [4.78, 5) is 16.4. The Balaban J connectivity index is 1.83. The predicted octanol–water partition coefficient (Wildman–Crippen LogP) is 3.26. The number of para-hydroxylation sites is 1. The Labute approximate surface area is 151 Å². The van der Waals surface area contributed by atoms with E-state index in [9.17, 15) is 13.2 Å². The van der Waals surface area contributed by atoms with Crippen LogP contribution in [-0.4, -0.2) is 38.0 Å². The number of benzene rings is 2. The summed E-state index contributed by atoms with van der Waals surface area (Å²) in [5.74, 6) is -0.0315. The molecule has 0 bridgehead atoms. The highest BCUT2D eigenvalue weighted by Crippen LogP contribution is 2.39. The molecule has 2 aliphatic rings. The van der Waals surface area contributed by atoms with Gasteiger partial charge in [0, 0.05) is 16.4 Å². The number of urea groups is 1. The van der Waals surface area contributed by atoms with E-state index in [4.69, 9.17) is 11.6 Å². The number of carbonyl (C=O) groups excluding carboxylic acids is 1. The number of hydrogen-bond acceptors (Lipinski definition) is 3. The van der Waals surface area contributed by atoms with E-state index in [1.54, 1.807) is 34.1 Å². The average molecular weight is 377 g/mol. The van der Waals surface area contributed by atoms with Crippen molar-refractivity contribution in [2.45, 2.75) is 19.0 Å². The molecule has 0 saturated carbocycles. The van der Waals surface area contributed by atoms with E-state index in [1.165, 1.54) is 0 Å². The smallest absolute Gasteiger partial charge is 0.288 e. The molecule has 0 spiro atoms. The summed E-state index contributed by atoms with van der Waals surface area (Å²) in [7, 11) is -3.19. The largest absolute Gasteiger partial charge is 0.329 e. The molecule has 2 aliphatic heterocycles. The van der Waals surface area contributed by atoms with Gasteiger partial charge in [0.15, 0.2) is 9.84 Å². The van der Waals surface area contributed by atoms with Crippen LogP contribution in [0.2, 0.25) is 5.02 Å². The molecule has 4 rings (SSSR count). The second kappa shape index (κ2) is 5.75. The quantitative estimate of drug-likeness (QED) is 0.756. The Kier molecular flexibility index (Phi) is 3.77. The SMILES string of the molecule is Cc1ccccc1N1C(=O)N(c2ccc(Cl)cc2)[C@@H]2CS(=O)(=O)C[C@@H]21. The number of halogens is 1. The van der Waals surface area contributed by atoms with Crippen LogP contribution in [0.3, 0.4) is 0 Å². The molecule has 0 N–H and O–H groups in total. The molecule has 0 aliphatic carbocycles. The molecule has 2 atom stereocenters. The minimum absolute atomic E-state index is 0.0121. The average Bonchev–Trinajstić information content (AvgIpc) is 2.99. The fraction of sp³-hybridized carbons (Fsp3) is 0.278. The Hall–Kier alpha value is -2.05. The lowest BCUT2D eigenvalue weighted by Gasteiger charge is -2.24. The summed E-state index contributed by atoms with van der Waals surface area (Å²) < 4.78 is 24.5. The first-order valence-corrected chi connectivity index (χ1v) is 10.2. The van der Waals surface area contributed by atoms with Crippen LogP contribution in [-0.2, 0) is 9.84 Å². The minimum Gasteiger partial charge on any atom is -0.288 e. The van der Waals surface area contributed by atoms with Gasteiger partial charge < -0.3 is 0 Å². The molecule has 5 nitrogen and oxygen atoms in total. The van der Waals surface area contributed by atoms with E-state index in [2.05, 4.69) is 0 Å². The van der Waals surface area contributed by atoms with Crippen LogP contribution in [0.25, 0.3) is 0 Å². The third kappa shape index (κ3) is 2.69. The van der Waals surface area contributed by atoms with Crippen molar-refractivity contribution in [1.29, 1.82) is 0 Å². The summed E-state index contributed by atoms with van der Waals surface area (Å²) in [5, 5.41) is 0.571. The van der Waals surface area contributed by atoms with E-state index >= 15 is 0 Å². The number of carbonyl (C=O) groups is 1. The zero-order valence-electron chi connectivity index (χ0n) is 13.6. The van der Waals surface area contributed by atoms with Crippen LogP contribution in [0.1, 0.15) is 5.56 Å². The number of amides is 2. The van der Waals surface area contributed by atoms with Gasteiger partial charge in [-0.1, -0.05) is 29.8 Å². The number of aryl methyl sites for hydroxylation is 1. The van der Waals surface area contributed by atoms with E-state index in [0.717, 1.165) is 11.3 Å². The van der Waals surface area contributed by atoms with Gasteiger partial charge in [0.1, 0.15) is 0 Å². The lowest BCUT2D eigenvalue weighted by molar-refractivity contribution is 0.255. The topological polar surface area (TPSA) is 57.7 Å². The van der Waals surface area contributed by atoms with Gasteiger partial charge in [0.2, 0.25) is 0 Å². The van der Waals surface area contributed by atoms with Gasteiger partial charge in [0.25, 0.3) is 0 Å².